The molecule has 0 bridgehead atoms. The second kappa shape index (κ2) is 10.6. The standard InChI is InChI=1S/C22H28N4O4S/c1-25(2)12-5-13-26-18-7-4-6-17(18)20(24-22(26)29)31-14-19(27)23-16-10-8-15(9-11-16)21(28)30-3/h8-11H,4-7,12-14H2,1-3H3,(H,23,27). The van der Waals surface area contributed by atoms with Gasteiger partial charge in [-0.1, -0.05) is 11.8 Å². The predicted molar refractivity (Wildman–Crippen MR) is 121 cm³/mol. The van der Waals surface area contributed by atoms with Crippen LogP contribution >= 0.6 is 11.8 Å². The third kappa shape index (κ3) is 5.95. The molecule has 2 aromatic rings. The second-order valence-corrected chi connectivity index (χ2v) is 8.66. The quantitative estimate of drug-likeness (QED) is 0.360. The van der Waals surface area contributed by atoms with Gasteiger partial charge in [-0.05, 0) is 70.6 Å². The lowest BCUT2D eigenvalue weighted by Gasteiger charge is -2.15. The molecular weight excluding hydrogens is 416 g/mol. The summed E-state index contributed by atoms with van der Waals surface area (Å²) < 4.78 is 6.47. The number of carbonyl (C=O) groups excluding carboxylic acids is 2. The molecule has 0 saturated heterocycles. The zero-order valence-corrected chi connectivity index (χ0v) is 19.0. The Bertz CT molecular complexity index is 1000. The smallest absolute Gasteiger partial charge is 0.348 e. The highest BCUT2D eigenvalue weighted by Gasteiger charge is 2.22. The van der Waals surface area contributed by atoms with Crippen LogP contribution in [-0.2, 0) is 28.9 Å². The number of hydrogen-bond acceptors (Lipinski definition) is 7. The number of esters is 1. The van der Waals surface area contributed by atoms with Crippen LogP contribution in [0.2, 0.25) is 0 Å². The van der Waals surface area contributed by atoms with Gasteiger partial charge in [0.15, 0.2) is 0 Å². The Morgan fingerprint density at radius 1 is 1.23 bits per heavy atom. The van der Waals surface area contributed by atoms with Gasteiger partial charge < -0.3 is 15.0 Å². The summed E-state index contributed by atoms with van der Waals surface area (Å²) in [5.41, 5.74) is 2.94. The van der Waals surface area contributed by atoms with E-state index in [2.05, 4.69) is 19.9 Å². The van der Waals surface area contributed by atoms with E-state index in [0.717, 1.165) is 43.5 Å². The molecule has 1 amide bonds. The molecule has 1 aromatic carbocycles. The van der Waals surface area contributed by atoms with Crippen molar-refractivity contribution in [2.45, 2.75) is 37.3 Å². The highest BCUT2D eigenvalue weighted by molar-refractivity contribution is 8.00. The summed E-state index contributed by atoms with van der Waals surface area (Å²) in [5.74, 6) is -0.466. The molecule has 166 valence electrons. The Balaban J connectivity index is 1.63. The van der Waals surface area contributed by atoms with Gasteiger partial charge in [0.1, 0.15) is 5.03 Å². The van der Waals surface area contributed by atoms with Crippen molar-refractivity contribution >= 4 is 29.3 Å². The molecule has 1 aliphatic rings. The molecule has 1 N–H and O–H groups in total. The lowest BCUT2D eigenvalue weighted by atomic mass is 10.2. The Morgan fingerprint density at radius 2 is 1.97 bits per heavy atom. The van der Waals surface area contributed by atoms with Crippen LogP contribution in [0.3, 0.4) is 0 Å². The fourth-order valence-electron chi connectivity index (χ4n) is 3.62. The first-order valence-electron chi connectivity index (χ1n) is 10.3. The van der Waals surface area contributed by atoms with Crippen molar-refractivity contribution in [3.8, 4) is 0 Å². The molecule has 3 rings (SSSR count). The number of benzene rings is 1. The molecular formula is C22H28N4O4S. The zero-order valence-electron chi connectivity index (χ0n) is 18.1. The van der Waals surface area contributed by atoms with Crippen LogP contribution < -0.4 is 11.0 Å². The van der Waals surface area contributed by atoms with Gasteiger partial charge in [0.2, 0.25) is 5.91 Å². The number of anilines is 1. The number of amides is 1. The van der Waals surface area contributed by atoms with Crippen LogP contribution in [0.25, 0.3) is 0 Å². The van der Waals surface area contributed by atoms with Gasteiger partial charge in [-0.25, -0.2) is 9.59 Å². The fourth-order valence-corrected chi connectivity index (χ4v) is 4.50. The van der Waals surface area contributed by atoms with Gasteiger partial charge in [-0.2, -0.15) is 4.98 Å². The van der Waals surface area contributed by atoms with Crippen LogP contribution in [0, 0.1) is 0 Å². The SMILES string of the molecule is COC(=O)c1ccc(NC(=O)CSc2nc(=O)n(CCCN(C)C)c3c2CCC3)cc1. The normalized spacial score (nSPS) is 12.6. The summed E-state index contributed by atoms with van der Waals surface area (Å²) in [6, 6.07) is 6.50. The van der Waals surface area contributed by atoms with Gasteiger partial charge in [0, 0.05) is 23.5 Å². The summed E-state index contributed by atoms with van der Waals surface area (Å²) in [5, 5.41) is 3.47. The molecule has 1 heterocycles. The van der Waals surface area contributed by atoms with Crippen LogP contribution in [0.4, 0.5) is 5.69 Å². The van der Waals surface area contributed by atoms with Gasteiger partial charge in [-0.3, -0.25) is 9.36 Å². The van der Waals surface area contributed by atoms with E-state index in [1.807, 2.05) is 14.1 Å². The summed E-state index contributed by atoms with van der Waals surface area (Å²) in [4.78, 5) is 42.9. The number of rotatable bonds is 9. The second-order valence-electron chi connectivity index (χ2n) is 7.69. The lowest BCUT2D eigenvalue weighted by molar-refractivity contribution is -0.113. The van der Waals surface area contributed by atoms with Crippen molar-refractivity contribution < 1.29 is 14.3 Å². The zero-order chi connectivity index (χ0) is 22.4. The molecule has 0 radical (unpaired) electrons. The van der Waals surface area contributed by atoms with E-state index >= 15 is 0 Å². The van der Waals surface area contributed by atoms with Gasteiger partial charge in [-0.15, -0.1) is 0 Å². The molecule has 1 aliphatic carbocycles. The molecule has 0 unspecified atom stereocenters. The highest BCUT2D eigenvalue weighted by Crippen LogP contribution is 2.29. The summed E-state index contributed by atoms with van der Waals surface area (Å²) >= 11 is 1.30. The topological polar surface area (TPSA) is 93.5 Å². The van der Waals surface area contributed by atoms with Crippen LogP contribution in [0.15, 0.2) is 34.1 Å². The molecule has 1 aromatic heterocycles. The molecule has 0 spiro atoms. The van der Waals surface area contributed by atoms with E-state index in [4.69, 9.17) is 0 Å². The number of fused-ring (bicyclic) bond motifs is 1. The first-order chi connectivity index (χ1) is 14.9. The molecule has 0 atom stereocenters. The van der Waals surface area contributed by atoms with E-state index in [1.165, 1.54) is 18.9 Å². The third-order valence-electron chi connectivity index (χ3n) is 5.12. The predicted octanol–water partition coefficient (Wildman–Crippen LogP) is 2.20. The van der Waals surface area contributed by atoms with E-state index in [0.29, 0.717) is 22.8 Å². The van der Waals surface area contributed by atoms with Gasteiger partial charge >= 0.3 is 11.7 Å². The third-order valence-corrected chi connectivity index (χ3v) is 6.14. The van der Waals surface area contributed by atoms with Crippen molar-refractivity contribution in [2.75, 3.05) is 38.8 Å². The molecule has 31 heavy (non-hydrogen) atoms. The fraction of sp³-hybridized carbons (Fsp3) is 0.455. The Kier molecular flexibility index (Phi) is 7.86. The maximum atomic E-state index is 12.6. The molecule has 0 aliphatic heterocycles. The van der Waals surface area contributed by atoms with Crippen LogP contribution in [0.1, 0.15) is 34.5 Å². The number of aromatic nitrogens is 2. The number of carbonyl (C=O) groups is 2. The van der Waals surface area contributed by atoms with E-state index in [1.54, 1.807) is 28.8 Å². The monoisotopic (exact) mass is 444 g/mol. The van der Waals surface area contributed by atoms with Crippen molar-refractivity contribution in [1.29, 1.82) is 0 Å². The Hall–Kier alpha value is -2.65. The molecule has 0 saturated carbocycles. The average Bonchev–Trinajstić information content (AvgIpc) is 3.23. The van der Waals surface area contributed by atoms with Crippen molar-refractivity contribution in [2.24, 2.45) is 0 Å². The first kappa shape index (κ1) is 23.0. The summed E-state index contributed by atoms with van der Waals surface area (Å²) in [7, 11) is 5.36. The molecule has 8 nitrogen and oxygen atoms in total. The number of nitrogens with zero attached hydrogens (tertiary/aromatic N) is 3. The first-order valence-corrected chi connectivity index (χ1v) is 11.3. The number of methoxy groups -OCH3 is 1. The van der Waals surface area contributed by atoms with Gasteiger partial charge in [0.25, 0.3) is 0 Å². The van der Waals surface area contributed by atoms with Crippen molar-refractivity contribution in [3.05, 3.63) is 51.6 Å². The highest BCUT2D eigenvalue weighted by atomic mass is 32.2. The van der Waals surface area contributed by atoms with Crippen LogP contribution in [0.5, 0.6) is 0 Å². The minimum absolute atomic E-state index is 0.155. The van der Waals surface area contributed by atoms with Gasteiger partial charge in [0.05, 0.1) is 18.4 Å². The van der Waals surface area contributed by atoms with E-state index in [9.17, 15) is 14.4 Å². The maximum absolute atomic E-state index is 12.6. The minimum atomic E-state index is -0.426. The van der Waals surface area contributed by atoms with Crippen molar-refractivity contribution in [1.82, 2.24) is 14.5 Å². The average molecular weight is 445 g/mol. The van der Waals surface area contributed by atoms with E-state index < -0.39 is 5.97 Å². The minimum Gasteiger partial charge on any atom is -0.465 e. The Morgan fingerprint density at radius 3 is 2.65 bits per heavy atom. The van der Waals surface area contributed by atoms with E-state index in [-0.39, 0.29) is 17.3 Å². The van der Waals surface area contributed by atoms with Crippen molar-refractivity contribution in [3.63, 3.8) is 0 Å². The van der Waals surface area contributed by atoms with Crippen LogP contribution in [-0.4, -0.2) is 59.8 Å². The number of ether oxygens (including phenoxy) is 1. The number of nitrogens with one attached hydrogen (secondary N) is 1. The molecule has 9 heteroatoms. The summed E-state index contributed by atoms with van der Waals surface area (Å²) in [6.07, 6.45) is 3.65. The summed E-state index contributed by atoms with van der Waals surface area (Å²) in [6.45, 7) is 1.58. The largest absolute Gasteiger partial charge is 0.465 e. The Labute approximate surface area is 186 Å². The number of hydrogen-bond donors (Lipinski definition) is 1. The number of thioether (sulfide) groups is 1. The lowest BCUT2D eigenvalue weighted by Crippen LogP contribution is -2.29. The molecule has 0 fully saturated rings. The maximum Gasteiger partial charge on any atom is 0.348 e.